The Morgan fingerprint density at radius 1 is 1.31 bits per heavy atom. The predicted molar refractivity (Wildman–Crippen MR) is 60.9 cm³/mol. The fraction of sp³-hybridized carbons (Fsp3) is 0.0769. The molecule has 78 valence electrons. The first kappa shape index (κ1) is 10.2. The van der Waals surface area contributed by atoms with E-state index < -0.39 is 0 Å². The first-order valence-corrected chi connectivity index (χ1v) is 4.89. The molecule has 0 spiro atoms. The number of rotatable bonds is 1. The molecule has 16 heavy (non-hydrogen) atoms. The number of imidazole rings is 1. The molecule has 2 aromatic rings. The smallest absolute Gasteiger partial charge is 0.196 e. The van der Waals surface area contributed by atoms with Crippen LogP contribution in [0.5, 0.6) is 0 Å². The monoisotopic (exact) mass is 210 g/mol. The van der Waals surface area contributed by atoms with Crippen LogP contribution in [-0.4, -0.2) is 15.3 Å². The normalized spacial score (nSPS) is 9.31. The van der Waals surface area contributed by atoms with E-state index in [0.717, 1.165) is 5.56 Å². The van der Waals surface area contributed by atoms with Crippen LogP contribution in [0.3, 0.4) is 0 Å². The highest BCUT2D eigenvalue weighted by atomic mass is 16.1. The number of Topliss-reactive ketones (excluding diaryl/α,β-unsaturated/α-hetero) is 1. The second-order valence-electron chi connectivity index (χ2n) is 3.28. The van der Waals surface area contributed by atoms with Crippen molar-refractivity contribution in [2.24, 2.45) is 0 Å². The van der Waals surface area contributed by atoms with Gasteiger partial charge in [-0.25, -0.2) is 4.98 Å². The number of aromatic nitrogens is 2. The Balaban J connectivity index is 2.31. The second-order valence-corrected chi connectivity index (χ2v) is 3.28. The zero-order chi connectivity index (χ0) is 11.4. The minimum Gasteiger partial charge on any atom is -0.291 e. The highest BCUT2D eigenvalue weighted by Gasteiger charge is 2.04. The molecule has 0 N–H and O–H groups in total. The van der Waals surface area contributed by atoms with Gasteiger partial charge in [0.05, 0.1) is 0 Å². The summed E-state index contributed by atoms with van der Waals surface area (Å²) in [5.74, 6) is 3.24. The van der Waals surface area contributed by atoms with Crippen molar-refractivity contribution in [1.82, 2.24) is 9.55 Å². The summed E-state index contributed by atoms with van der Waals surface area (Å²) in [6.07, 6.45) is 3.24. The quantitative estimate of drug-likeness (QED) is 0.532. The van der Waals surface area contributed by atoms with Gasteiger partial charge in [-0.1, -0.05) is 18.2 Å². The molecule has 0 bridgehead atoms. The highest BCUT2D eigenvalue weighted by Crippen LogP contribution is 1.98. The Morgan fingerprint density at radius 2 is 2.06 bits per heavy atom. The molecule has 0 amide bonds. The van der Waals surface area contributed by atoms with Crippen LogP contribution >= 0.6 is 0 Å². The van der Waals surface area contributed by atoms with Crippen molar-refractivity contribution in [3.63, 3.8) is 0 Å². The summed E-state index contributed by atoms with van der Waals surface area (Å²) in [5.41, 5.74) is 0.908. The molecule has 0 aliphatic heterocycles. The van der Waals surface area contributed by atoms with Crippen molar-refractivity contribution in [1.29, 1.82) is 0 Å². The van der Waals surface area contributed by atoms with Gasteiger partial charge in [0.15, 0.2) is 11.6 Å². The lowest BCUT2D eigenvalue weighted by Gasteiger charge is -1.93. The van der Waals surface area contributed by atoms with Crippen LogP contribution in [0.25, 0.3) is 0 Å². The van der Waals surface area contributed by atoms with E-state index in [4.69, 9.17) is 0 Å². The van der Waals surface area contributed by atoms with Gasteiger partial charge in [0, 0.05) is 30.9 Å². The standard InChI is InChI=1S/C13H10N2O/c1-11(16)13-14-8-10-15(13)9-7-12-5-3-2-4-6-12/h2-6,8,10H,1H3. The van der Waals surface area contributed by atoms with E-state index in [1.807, 2.05) is 30.3 Å². The largest absolute Gasteiger partial charge is 0.291 e. The first-order valence-electron chi connectivity index (χ1n) is 4.89. The number of hydrogen-bond acceptors (Lipinski definition) is 2. The third-order valence-corrected chi connectivity index (χ3v) is 2.05. The molecule has 3 nitrogen and oxygen atoms in total. The molecule has 0 saturated carbocycles. The first-order chi connectivity index (χ1) is 7.77. The second kappa shape index (κ2) is 4.45. The molecule has 0 saturated heterocycles. The molecule has 0 fully saturated rings. The van der Waals surface area contributed by atoms with Crippen LogP contribution in [0.1, 0.15) is 23.1 Å². The van der Waals surface area contributed by atoms with Crippen LogP contribution in [0.15, 0.2) is 42.7 Å². The number of nitrogens with zero attached hydrogens (tertiary/aromatic N) is 2. The predicted octanol–water partition coefficient (Wildman–Crippen LogP) is 1.94. The van der Waals surface area contributed by atoms with E-state index in [-0.39, 0.29) is 5.78 Å². The molecule has 2 rings (SSSR count). The summed E-state index contributed by atoms with van der Waals surface area (Å²) in [7, 11) is 0. The van der Waals surface area contributed by atoms with Crippen molar-refractivity contribution in [2.45, 2.75) is 6.92 Å². The molecule has 0 aliphatic carbocycles. The average molecular weight is 210 g/mol. The summed E-state index contributed by atoms with van der Waals surface area (Å²) in [6, 6.07) is 12.5. The summed E-state index contributed by atoms with van der Waals surface area (Å²) in [4.78, 5) is 15.1. The summed E-state index contributed by atoms with van der Waals surface area (Å²) in [5, 5.41) is 0. The molecule has 1 aromatic carbocycles. The Hall–Kier alpha value is -2.34. The van der Waals surface area contributed by atoms with Crippen LogP contribution < -0.4 is 0 Å². The van der Waals surface area contributed by atoms with Gasteiger partial charge >= 0.3 is 0 Å². The Kier molecular flexibility index (Phi) is 2.84. The lowest BCUT2D eigenvalue weighted by molar-refractivity contribution is 0.100. The minimum absolute atomic E-state index is 0.0904. The van der Waals surface area contributed by atoms with Crippen molar-refractivity contribution in [2.75, 3.05) is 0 Å². The molecular formula is C13H10N2O. The van der Waals surface area contributed by atoms with Crippen LogP contribution in [-0.2, 0) is 0 Å². The average Bonchev–Trinajstić information content (AvgIpc) is 2.76. The molecule has 1 heterocycles. The summed E-state index contributed by atoms with van der Waals surface area (Å²) < 4.78 is 1.54. The SMILES string of the molecule is CC(=O)c1nccn1C#Cc1ccccc1. The minimum atomic E-state index is -0.0904. The van der Waals surface area contributed by atoms with Gasteiger partial charge < -0.3 is 0 Å². The third-order valence-electron chi connectivity index (χ3n) is 2.05. The van der Waals surface area contributed by atoms with E-state index in [9.17, 15) is 4.79 Å². The van der Waals surface area contributed by atoms with Gasteiger partial charge in [-0.05, 0) is 18.1 Å². The molecule has 1 aromatic heterocycles. The van der Waals surface area contributed by atoms with Gasteiger partial charge in [-0.3, -0.25) is 9.36 Å². The lowest BCUT2D eigenvalue weighted by atomic mass is 10.2. The van der Waals surface area contributed by atoms with Crippen LogP contribution in [0.2, 0.25) is 0 Å². The van der Waals surface area contributed by atoms with Crippen LogP contribution in [0, 0.1) is 12.0 Å². The number of hydrogen-bond donors (Lipinski definition) is 0. The zero-order valence-electron chi connectivity index (χ0n) is 8.84. The van der Waals surface area contributed by atoms with E-state index in [2.05, 4.69) is 16.9 Å². The molecule has 0 unspecified atom stereocenters. The number of benzene rings is 1. The van der Waals surface area contributed by atoms with E-state index in [0.29, 0.717) is 5.82 Å². The Bertz CT molecular complexity index is 558. The van der Waals surface area contributed by atoms with E-state index in [1.54, 1.807) is 12.4 Å². The van der Waals surface area contributed by atoms with Gasteiger partial charge in [-0.15, -0.1) is 0 Å². The van der Waals surface area contributed by atoms with Crippen molar-refractivity contribution < 1.29 is 4.79 Å². The fourth-order valence-corrected chi connectivity index (χ4v) is 1.30. The highest BCUT2D eigenvalue weighted by molar-refractivity contribution is 5.90. The van der Waals surface area contributed by atoms with Crippen molar-refractivity contribution in [3.8, 4) is 12.0 Å². The molecule has 0 aliphatic rings. The van der Waals surface area contributed by atoms with Gasteiger partial charge in [-0.2, -0.15) is 0 Å². The third kappa shape index (κ3) is 2.18. The number of ketones is 1. The Labute approximate surface area is 93.7 Å². The van der Waals surface area contributed by atoms with Gasteiger partial charge in [0.1, 0.15) is 0 Å². The maximum Gasteiger partial charge on any atom is 0.196 e. The molecule has 0 atom stereocenters. The lowest BCUT2D eigenvalue weighted by Crippen LogP contribution is -2.02. The zero-order valence-corrected chi connectivity index (χ0v) is 8.84. The maximum absolute atomic E-state index is 11.2. The van der Waals surface area contributed by atoms with E-state index >= 15 is 0 Å². The molecular weight excluding hydrogens is 200 g/mol. The van der Waals surface area contributed by atoms with Crippen LogP contribution in [0.4, 0.5) is 0 Å². The van der Waals surface area contributed by atoms with Gasteiger partial charge in [0.2, 0.25) is 0 Å². The fourth-order valence-electron chi connectivity index (χ4n) is 1.30. The maximum atomic E-state index is 11.2. The van der Waals surface area contributed by atoms with E-state index in [1.165, 1.54) is 11.5 Å². The van der Waals surface area contributed by atoms with Gasteiger partial charge in [0.25, 0.3) is 0 Å². The summed E-state index contributed by atoms with van der Waals surface area (Å²) in [6.45, 7) is 1.48. The number of carbonyl (C=O) groups is 1. The topological polar surface area (TPSA) is 34.9 Å². The Morgan fingerprint density at radius 3 is 2.75 bits per heavy atom. The summed E-state index contributed by atoms with van der Waals surface area (Å²) >= 11 is 0. The van der Waals surface area contributed by atoms with Crippen molar-refractivity contribution >= 4 is 5.78 Å². The molecule has 3 heteroatoms. The number of carbonyl (C=O) groups excluding carboxylic acids is 1. The molecule has 0 radical (unpaired) electrons. The van der Waals surface area contributed by atoms with Crippen molar-refractivity contribution in [3.05, 3.63) is 54.1 Å².